The number of ketones is 1. The molecule has 2 saturated heterocycles. The Labute approximate surface area is 203 Å². The van der Waals surface area contributed by atoms with Crippen LogP contribution in [-0.4, -0.2) is 60.9 Å². The van der Waals surface area contributed by atoms with Gasteiger partial charge in [-0.1, -0.05) is 19.1 Å². The Bertz CT molecular complexity index is 995. The molecule has 0 saturated carbocycles. The Hall–Kier alpha value is -2.99. The molecule has 6 heteroatoms. The quantitative estimate of drug-likeness (QED) is 0.333. The number of allylic oxidation sites excluding steroid dienone is 1. The number of rotatable bonds is 7. The van der Waals surface area contributed by atoms with Crippen molar-refractivity contribution in [3.05, 3.63) is 66.0 Å². The highest BCUT2D eigenvalue weighted by Gasteiger charge is 2.24. The number of piperidine rings is 1. The highest BCUT2D eigenvalue weighted by molar-refractivity contribution is 5.98. The lowest BCUT2D eigenvalue weighted by Gasteiger charge is -2.36. The number of pyridine rings is 1. The van der Waals surface area contributed by atoms with Gasteiger partial charge in [0.05, 0.1) is 18.9 Å². The largest absolute Gasteiger partial charge is 0.378 e. The molecule has 2 aromatic rings. The molecular weight excluding hydrogens is 424 g/mol. The highest BCUT2D eigenvalue weighted by atomic mass is 16.5. The molecule has 2 aliphatic rings. The number of carbonyl (C=O) groups excluding carboxylic acids is 1. The predicted octanol–water partition coefficient (Wildman–Crippen LogP) is 4.93. The second-order valence-corrected chi connectivity index (χ2v) is 9.13. The maximum absolute atomic E-state index is 11.9. The number of anilines is 1. The molecule has 0 aliphatic carbocycles. The zero-order valence-corrected chi connectivity index (χ0v) is 20.4. The van der Waals surface area contributed by atoms with Crippen molar-refractivity contribution in [3.8, 4) is 0 Å². The number of hydrogen-bond donors (Lipinski definition) is 0. The number of likely N-dealkylation sites (tertiary alicyclic amines) is 1. The van der Waals surface area contributed by atoms with Gasteiger partial charge in [-0.05, 0) is 56.0 Å². The fraction of sp³-hybridized carbons (Fsp3) is 0.464. The molecule has 2 aliphatic heterocycles. The van der Waals surface area contributed by atoms with Crippen LogP contribution in [0.2, 0.25) is 0 Å². The molecule has 0 amide bonds. The summed E-state index contributed by atoms with van der Waals surface area (Å²) in [6.07, 6.45) is 9.36. The number of aliphatic imine (C=N–C) groups is 1. The highest BCUT2D eigenvalue weighted by Crippen LogP contribution is 2.30. The van der Waals surface area contributed by atoms with Gasteiger partial charge in [-0.2, -0.15) is 0 Å². The molecule has 0 spiro atoms. The van der Waals surface area contributed by atoms with E-state index in [1.54, 1.807) is 25.4 Å². The van der Waals surface area contributed by atoms with Crippen LogP contribution in [0.4, 0.5) is 5.69 Å². The number of amidine groups is 1. The van der Waals surface area contributed by atoms with Crippen molar-refractivity contribution in [1.29, 1.82) is 0 Å². The molecule has 1 unspecified atom stereocenters. The van der Waals surface area contributed by atoms with Crippen molar-refractivity contribution in [2.24, 2.45) is 4.99 Å². The van der Waals surface area contributed by atoms with E-state index in [2.05, 4.69) is 46.0 Å². The van der Waals surface area contributed by atoms with Gasteiger partial charge in [0, 0.05) is 68.2 Å². The van der Waals surface area contributed by atoms with Crippen molar-refractivity contribution < 1.29 is 9.53 Å². The van der Waals surface area contributed by atoms with E-state index in [9.17, 15) is 4.79 Å². The fourth-order valence-corrected chi connectivity index (χ4v) is 4.81. The van der Waals surface area contributed by atoms with Gasteiger partial charge in [-0.25, -0.2) is 4.99 Å². The van der Waals surface area contributed by atoms with E-state index >= 15 is 0 Å². The van der Waals surface area contributed by atoms with Gasteiger partial charge < -0.3 is 14.5 Å². The predicted molar refractivity (Wildman–Crippen MR) is 138 cm³/mol. The first-order valence-electron chi connectivity index (χ1n) is 12.5. The number of hydrogen-bond acceptors (Lipinski definition) is 5. The van der Waals surface area contributed by atoms with E-state index in [1.165, 1.54) is 17.7 Å². The minimum absolute atomic E-state index is 0.00305. The van der Waals surface area contributed by atoms with Crippen LogP contribution in [0.3, 0.4) is 0 Å². The maximum Gasteiger partial charge on any atom is 0.154 e. The first-order chi connectivity index (χ1) is 16.6. The van der Waals surface area contributed by atoms with Crippen LogP contribution >= 0.6 is 0 Å². The van der Waals surface area contributed by atoms with E-state index in [1.807, 2.05) is 12.1 Å². The van der Waals surface area contributed by atoms with E-state index in [0.717, 1.165) is 75.8 Å². The topological polar surface area (TPSA) is 58.0 Å². The Balaban J connectivity index is 1.53. The van der Waals surface area contributed by atoms with E-state index in [-0.39, 0.29) is 5.78 Å². The molecule has 0 radical (unpaired) electrons. The minimum Gasteiger partial charge on any atom is -0.378 e. The Morgan fingerprint density at radius 3 is 2.53 bits per heavy atom. The lowest BCUT2D eigenvalue weighted by molar-refractivity contribution is -0.112. The molecule has 180 valence electrons. The molecule has 3 heterocycles. The average Bonchev–Trinajstić information content (AvgIpc) is 2.89. The van der Waals surface area contributed by atoms with Crippen molar-refractivity contribution in [2.45, 2.75) is 45.4 Å². The Kier molecular flexibility index (Phi) is 8.47. The van der Waals surface area contributed by atoms with Crippen LogP contribution in [0, 0.1) is 0 Å². The van der Waals surface area contributed by atoms with Gasteiger partial charge in [0.1, 0.15) is 5.84 Å². The second-order valence-electron chi connectivity index (χ2n) is 9.13. The summed E-state index contributed by atoms with van der Waals surface area (Å²) in [5, 5.41) is 0. The molecule has 34 heavy (non-hydrogen) atoms. The molecule has 4 rings (SSSR count). The van der Waals surface area contributed by atoms with E-state index < -0.39 is 0 Å². The lowest BCUT2D eigenvalue weighted by atomic mass is 9.90. The summed E-state index contributed by atoms with van der Waals surface area (Å²) >= 11 is 0. The van der Waals surface area contributed by atoms with E-state index in [0.29, 0.717) is 5.92 Å². The van der Waals surface area contributed by atoms with Gasteiger partial charge >= 0.3 is 0 Å². The van der Waals surface area contributed by atoms with Crippen molar-refractivity contribution in [1.82, 2.24) is 9.88 Å². The molecule has 1 aromatic carbocycles. The monoisotopic (exact) mass is 460 g/mol. The average molecular weight is 461 g/mol. The van der Waals surface area contributed by atoms with Crippen LogP contribution in [0.15, 0.2) is 59.9 Å². The number of morpholine rings is 1. The third kappa shape index (κ3) is 6.32. The number of carbonyl (C=O) groups is 1. The minimum atomic E-state index is 0.00305. The zero-order valence-electron chi connectivity index (χ0n) is 20.4. The maximum atomic E-state index is 11.9. The second kappa shape index (κ2) is 11.9. The number of benzene rings is 1. The number of ether oxygens (including phenoxy) is 1. The third-order valence-corrected chi connectivity index (χ3v) is 6.57. The van der Waals surface area contributed by atoms with Crippen molar-refractivity contribution in [2.75, 3.05) is 44.3 Å². The van der Waals surface area contributed by atoms with Crippen LogP contribution in [0.5, 0.6) is 0 Å². The third-order valence-electron chi connectivity index (χ3n) is 6.57. The summed E-state index contributed by atoms with van der Waals surface area (Å²) in [5.41, 5.74) is 4.32. The number of aromatic nitrogens is 1. The summed E-state index contributed by atoms with van der Waals surface area (Å²) in [5.74, 6) is 1.56. The first kappa shape index (κ1) is 24.1. The standard InChI is InChI=1S/C28H36N4O2/c1-3-5-28(30-27(20-22(2)33)24-11-13-29-14-12-24)32-15-4-6-25(21-32)23-7-9-26(10-8-23)31-16-18-34-19-17-31/h7-14,20,25H,3-6,15-19,21H2,1-2H3/b27-20-,30-28?. The van der Waals surface area contributed by atoms with Gasteiger partial charge in [-0.3, -0.25) is 9.78 Å². The van der Waals surface area contributed by atoms with E-state index in [4.69, 9.17) is 9.73 Å². The van der Waals surface area contributed by atoms with Gasteiger partial charge in [0.15, 0.2) is 5.78 Å². The molecule has 2 fully saturated rings. The smallest absolute Gasteiger partial charge is 0.154 e. The molecular formula is C28H36N4O2. The molecule has 6 nitrogen and oxygen atoms in total. The summed E-state index contributed by atoms with van der Waals surface area (Å²) in [7, 11) is 0. The van der Waals surface area contributed by atoms with Crippen LogP contribution in [0.1, 0.15) is 56.6 Å². The van der Waals surface area contributed by atoms with Crippen LogP contribution in [-0.2, 0) is 9.53 Å². The van der Waals surface area contributed by atoms with Crippen LogP contribution in [0.25, 0.3) is 5.70 Å². The summed E-state index contributed by atoms with van der Waals surface area (Å²) < 4.78 is 5.49. The number of nitrogens with zero attached hydrogens (tertiary/aromatic N) is 4. The SMILES string of the molecule is CCCC(=N/C(=C\C(C)=O)c1ccncc1)N1CCCC(c2ccc(N3CCOCC3)cc2)C1. The summed E-state index contributed by atoms with van der Waals surface area (Å²) in [6.45, 7) is 9.25. The molecule has 1 aromatic heterocycles. The van der Waals surface area contributed by atoms with Crippen molar-refractivity contribution in [3.63, 3.8) is 0 Å². The lowest BCUT2D eigenvalue weighted by Crippen LogP contribution is -2.39. The molecule has 0 bridgehead atoms. The first-order valence-corrected chi connectivity index (χ1v) is 12.5. The van der Waals surface area contributed by atoms with Gasteiger partial charge in [0.25, 0.3) is 0 Å². The normalized spacial score (nSPS) is 19.9. The molecule has 1 atom stereocenters. The summed E-state index contributed by atoms with van der Waals surface area (Å²) in [4.78, 5) is 25.9. The van der Waals surface area contributed by atoms with Gasteiger partial charge in [0.2, 0.25) is 0 Å². The fourth-order valence-electron chi connectivity index (χ4n) is 4.81. The zero-order chi connectivity index (χ0) is 23.8. The Morgan fingerprint density at radius 2 is 1.85 bits per heavy atom. The van der Waals surface area contributed by atoms with Crippen LogP contribution < -0.4 is 4.90 Å². The van der Waals surface area contributed by atoms with Crippen molar-refractivity contribution >= 4 is 23.0 Å². The summed E-state index contributed by atoms with van der Waals surface area (Å²) in [6, 6.07) is 12.9. The molecule has 0 N–H and O–H groups in total. The Morgan fingerprint density at radius 1 is 1.12 bits per heavy atom. The van der Waals surface area contributed by atoms with Gasteiger partial charge in [-0.15, -0.1) is 0 Å².